The lowest BCUT2D eigenvalue weighted by molar-refractivity contribution is -0.695. The Morgan fingerprint density at radius 1 is 0.944 bits per heavy atom. The van der Waals surface area contributed by atoms with Gasteiger partial charge in [-0.25, -0.2) is 9.13 Å². The second kappa shape index (κ2) is 10.4. The summed E-state index contributed by atoms with van der Waals surface area (Å²) in [5.41, 5.74) is 5.55. The minimum atomic E-state index is 0.569. The minimum Gasteiger partial charge on any atom is -0.295 e. The van der Waals surface area contributed by atoms with Gasteiger partial charge < -0.3 is 0 Å². The highest BCUT2D eigenvalue weighted by atomic mass is 32.1. The minimum absolute atomic E-state index is 0.569. The average molecular weight is 270 g/mol. The molecule has 0 unspecified atom stereocenters. The molecule has 0 aliphatic heterocycles. The van der Waals surface area contributed by atoms with Gasteiger partial charge in [0.2, 0.25) is 6.33 Å². The van der Waals surface area contributed by atoms with E-state index in [1.165, 1.54) is 51.4 Å². The summed E-state index contributed by atoms with van der Waals surface area (Å²) in [7, 11) is 0. The van der Waals surface area contributed by atoms with E-state index in [1.54, 1.807) is 0 Å². The van der Waals surface area contributed by atoms with Crippen LogP contribution in [-0.2, 0) is 13.2 Å². The van der Waals surface area contributed by atoms with Crippen molar-refractivity contribution in [3.63, 3.8) is 0 Å². The molecule has 0 bridgehead atoms. The fraction of sp³-hybridized carbons (Fsp3) is 0.786. The van der Waals surface area contributed by atoms with Crippen molar-refractivity contribution in [1.29, 1.82) is 0 Å². The van der Waals surface area contributed by atoms with Gasteiger partial charge in [0.25, 0.3) is 0 Å². The van der Waals surface area contributed by atoms with Gasteiger partial charge in [-0.3, -0.25) is 5.73 Å². The SMILES string of the molecule is NC[n+]1ccn(CCCCCCCCCCS)c1. The molecular weight excluding hydrogens is 242 g/mol. The molecule has 0 atom stereocenters. The van der Waals surface area contributed by atoms with Crippen LogP contribution in [0.25, 0.3) is 0 Å². The smallest absolute Gasteiger partial charge is 0.244 e. The summed E-state index contributed by atoms with van der Waals surface area (Å²) in [6, 6.07) is 0. The normalized spacial score (nSPS) is 11.0. The van der Waals surface area contributed by atoms with Crippen LogP contribution >= 0.6 is 12.6 Å². The van der Waals surface area contributed by atoms with Gasteiger partial charge in [0, 0.05) is 0 Å². The van der Waals surface area contributed by atoms with Gasteiger partial charge in [0.15, 0.2) is 0 Å². The Kier molecular flexibility index (Phi) is 9.04. The molecule has 0 aliphatic carbocycles. The molecule has 0 aliphatic rings. The van der Waals surface area contributed by atoms with E-state index in [2.05, 4.69) is 29.7 Å². The molecule has 18 heavy (non-hydrogen) atoms. The molecule has 0 saturated carbocycles. The van der Waals surface area contributed by atoms with Crippen LogP contribution in [0.4, 0.5) is 0 Å². The predicted octanol–water partition coefficient (Wildman–Crippen LogP) is 2.74. The first-order valence-electron chi connectivity index (χ1n) is 7.22. The molecule has 0 spiro atoms. The van der Waals surface area contributed by atoms with Gasteiger partial charge in [0.1, 0.15) is 19.1 Å². The van der Waals surface area contributed by atoms with E-state index in [1.807, 2.05) is 10.8 Å². The highest BCUT2D eigenvalue weighted by molar-refractivity contribution is 7.80. The van der Waals surface area contributed by atoms with Crippen molar-refractivity contribution >= 4 is 12.6 Å². The van der Waals surface area contributed by atoms with Gasteiger partial charge in [-0.1, -0.05) is 32.1 Å². The Bertz CT molecular complexity index is 299. The predicted molar refractivity (Wildman–Crippen MR) is 79.6 cm³/mol. The number of imidazole rings is 1. The maximum absolute atomic E-state index is 5.55. The molecule has 0 radical (unpaired) electrons. The van der Waals surface area contributed by atoms with Crippen molar-refractivity contribution in [2.75, 3.05) is 5.75 Å². The lowest BCUT2D eigenvalue weighted by Crippen LogP contribution is -2.35. The molecule has 1 heterocycles. The summed E-state index contributed by atoms with van der Waals surface area (Å²) < 4.78 is 4.22. The quantitative estimate of drug-likeness (QED) is 0.362. The third-order valence-corrected chi connectivity index (χ3v) is 3.60. The molecule has 1 aromatic rings. The van der Waals surface area contributed by atoms with Crippen molar-refractivity contribution in [2.24, 2.45) is 5.73 Å². The summed E-state index contributed by atoms with van der Waals surface area (Å²) in [6.45, 7) is 1.69. The molecule has 1 aromatic heterocycles. The lowest BCUT2D eigenvalue weighted by Gasteiger charge is -2.00. The van der Waals surface area contributed by atoms with Crippen LogP contribution in [0.15, 0.2) is 18.7 Å². The van der Waals surface area contributed by atoms with E-state index in [0.717, 1.165) is 12.3 Å². The summed E-state index contributed by atoms with van der Waals surface area (Å²) >= 11 is 4.22. The Hall–Kier alpha value is -0.480. The number of aromatic nitrogens is 2. The highest BCUT2D eigenvalue weighted by Crippen LogP contribution is 2.09. The Balaban J connectivity index is 1.89. The third kappa shape index (κ3) is 7.07. The molecule has 1 rings (SSSR count). The average Bonchev–Trinajstić information content (AvgIpc) is 2.85. The Morgan fingerprint density at radius 2 is 1.56 bits per heavy atom. The number of nitrogens with zero attached hydrogens (tertiary/aromatic N) is 2. The summed E-state index contributed by atoms with van der Waals surface area (Å²) in [4.78, 5) is 0. The number of unbranched alkanes of at least 4 members (excludes halogenated alkanes) is 7. The van der Waals surface area contributed by atoms with E-state index in [4.69, 9.17) is 5.73 Å². The molecule has 0 fully saturated rings. The Morgan fingerprint density at radius 3 is 2.11 bits per heavy atom. The number of thiol groups is 1. The molecule has 104 valence electrons. The Labute approximate surface area is 117 Å². The van der Waals surface area contributed by atoms with Gasteiger partial charge in [-0.2, -0.15) is 12.6 Å². The molecule has 0 amide bonds. The van der Waals surface area contributed by atoms with Gasteiger partial charge in [-0.15, -0.1) is 0 Å². The maximum atomic E-state index is 5.55. The number of aryl methyl sites for hydroxylation is 1. The standard InChI is InChI=1S/C14H27N3S/c15-13-17-11-10-16(14-17)9-7-5-3-1-2-4-6-8-12-18/h10-11,14H,1-9,12-13,15H2/p+1. The van der Waals surface area contributed by atoms with Crippen LogP contribution in [0.1, 0.15) is 51.4 Å². The van der Waals surface area contributed by atoms with Gasteiger partial charge in [-0.05, 0) is 25.0 Å². The first kappa shape index (κ1) is 15.6. The van der Waals surface area contributed by atoms with Crippen LogP contribution in [0, 0.1) is 0 Å². The zero-order valence-corrected chi connectivity index (χ0v) is 12.3. The summed E-state index contributed by atoms with van der Waals surface area (Å²) in [6.07, 6.45) is 17.0. The largest absolute Gasteiger partial charge is 0.295 e. The van der Waals surface area contributed by atoms with Crippen molar-refractivity contribution < 1.29 is 4.57 Å². The van der Waals surface area contributed by atoms with Crippen molar-refractivity contribution in [3.8, 4) is 0 Å². The highest BCUT2D eigenvalue weighted by Gasteiger charge is 2.00. The van der Waals surface area contributed by atoms with Crippen molar-refractivity contribution in [2.45, 2.75) is 64.6 Å². The lowest BCUT2D eigenvalue weighted by atomic mass is 10.1. The fourth-order valence-corrected chi connectivity index (χ4v) is 2.37. The van der Waals surface area contributed by atoms with Crippen LogP contribution in [0.3, 0.4) is 0 Å². The zero-order valence-electron chi connectivity index (χ0n) is 11.4. The van der Waals surface area contributed by atoms with E-state index >= 15 is 0 Å². The van der Waals surface area contributed by atoms with E-state index in [-0.39, 0.29) is 0 Å². The topological polar surface area (TPSA) is 34.8 Å². The van der Waals surface area contributed by atoms with Crippen LogP contribution < -0.4 is 10.3 Å². The van der Waals surface area contributed by atoms with Crippen LogP contribution in [0.5, 0.6) is 0 Å². The van der Waals surface area contributed by atoms with Gasteiger partial charge in [0.05, 0.1) is 6.54 Å². The molecule has 3 nitrogen and oxygen atoms in total. The monoisotopic (exact) mass is 270 g/mol. The maximum Gasteiger partial charge on any atom is 0.244 e. The zero-order chi connectivity index (χ0) is 13.1. The number of hydrogen-bond donors (Lipinski definition) is 2. The summed E-state index contributed by atoms with van der Waals surface area (Å²) in [5, 5.41) is 0. The second-order valence-corrected chi connectivity index (χ2v) is 5.35. The van der Waals surface area contributed by atoms with Crippen LogP contribution in [-0.4, -0.2) is 10.3 Å². The number of nitrogens with two attached hydrogens (primary N) is 1. The van der Waals surface area contributed by atoms with Crippen molar-refractivity contribution in [3.05, 3.63) is 18.7 Å². The summed E-state index contributed by atoms with van der Waals surface area (Å²) in [5.74, 6) is 1.04. The van der Waals surface area contributed by atoms with E-state index in [9.17, 15) is 0 Å². The number of hydrogen-bond acceptors (Lipinski definition) is 2. The van der Waals surface area contributed by atoms with Gasteiger partial charge >= 0.3 is 0 Å². The fourth-order valence-electron chi connectivity index (χ4n) is 2.15. The van der Waals surface area contributed by atoms with Crippen molar-refractivity contribution in [1.82, 2.24) is 4.57 Å². The molecule has 0 aromatic carbocycles. The molecule has 0 saturated heterocycles. The first-order valence-corrected chi connectivity index (χ1v) is 7.86. The molecule has 4 heteroatoms. The van der Waals surface area contributed by atoms with E-state index < -0.39 is 0 Å². The first-order chi connectivity index (χ1) is 8.86. The van der Waals surface area contributed by atoms with E-state index in [0.29, 0.717) is 6.67 Å². The van der Waals surface area contributed by atoms with Crippen LogP contribution in [0.2, 0.25) is 0 Å². The third-order valence-electron chi connectivity index (χ3n) is 3.28. The second-order valence-electron chi connectivity index (χ2n) is 4.90. The molecule has 2 N–H and O–H groups in total. The molecular formula is C14H28N3S+. The number of rotatable bonds is 11.